The van der Waals surface area contributed by atoms with E-state index in [0.29, 0.717) is 24.1 Å². The maximum absolute atomic E-state index is 13.7. The van der Waals surface area contributed by atoms with Crippen molar-refractivity contribution >= 4 is 33.4 Å². The summed E-state index contributed by atoms with van der Waals surface area (Å²) in [5.41, 5.74) is 1.44. The van der Waals surface area contributed by atoms with Gasteiger partial charge in [0.2, 0.25) is 0 Å². The Labute approximate surface area is 267 Å². The Morgan fingerprint density at radius 2 is 1.67 bits per heavy atom. The van der Waals surface area contributed by atoms with Crippen LogP contribution < -0.4 is 19.8 Å². The van der Waals surface area contributed by atoms with E-state index in [9.17, 15) is 13.2 Å². The van der Waals surface area contributed by atoms with E-state index in [-0.39, 0.29) is 27.6 Å². The van der Waals surface area contributed by atoms with Crippen molar-refractivity contribution < 1.29 is 13.2 Å². The van der Waals surface area contributed by atoms with Gasteiger partial charge in [0.05, 0.1) is 17.3 Å². The summed E-state index contributed by atoms with van der Waals surface area (Å²) in [5.74, 6) is 1.52. The Kier molecular flexibility index (Phi) is 8.26. The minimum Gasteiger partial charge on any atom is -0.362 e. The first-order valence-corrected chi connectivity index (χ1v) is 17.6. The third-order valence-electron chi connectivity index (χ3n) is 9.31. The molecule has 0 aromatic carbocycles. The predicted octanol–water partition coefficient (Wildman–Crippen LogP) is 5.83. The van der Waals surface area contributed by atoms with E-state index < -0.39 is 15.9 Å². The molecule has 4 bridgehead atoms. The number of amides is 1. The molecule has 6 rings (SSSR count). The second-order valence-corrected chi connectivity index (χ2v) is 16.0. The van der Waals surface area contributed by atoms with Crippen molar-refractivity contribution in [3.8, 4) is 0 Å². The molecule has 11 heteroatoms. The molecule has 1 amide bonds. The number of piperidine rings is 1. The van der Waals surface area contributed by atoms with Gasteiger partial charge >= 0.3 is 0 Å². The van der Waals surface area contributed by atoms with Crippen molar-refractivity contribution in [1.82, 2.24) is 19.7 Å². The molecule has 240 valence electrons. The van der Waals surface area contributed by atoms with Gasteiger partial charge in [-0.05, 0) is 94.7 Å². The van der Waals surface area contributed by atoms with Gasteiger partial charge in [0.15, 0.2) is 5.03 Å². The predicted molar refractivity (Wildman–Crippen MR) is 177 cm³/mol. The van der Waals surface area contributed by atoms with Crippen LogP contribution in [-0.2, 0) is 15.4 Å². The Morgan fingerprint density at radius 3 is 2.42 bits per heavy atom. The number of anilines is 3. The van der Waals surface area contributed by atoms with Crippen LogP contribution in [0.15, 0.2) is 53.6 Å². The number of sulfonamides is 1. The minimum atomic E-state index is -4.27. The lowest BCUT2D eigenvalue weighted by Crippen LogP contribution is -2.41. The number of nitrogens with one attached hydrogen (secondary N) is 2. The average molecular weight is 632 g/mol. The number of hydrogen-bond donors (Lipinski definition) is 2. The summed E-state index contributed by atoms with van der Waals surface area (Å²) in [7, 11) is -4.27. The van der Waals surface area contributed by atoms with Crippen LogP contribution in [-0.4, -0.2) is 54.5 Å². The van der Waals surface area contributed by atoms with Crippen molar-refractivity contribution in [3.63, 3.8) is 0 Å². The smallest absolute Gasteiger partial charge is 0.281 e. The Balaban J connectivity index is 1.42. The number of fused-ring (bicyclic) bond motifs is 6. The normalized spacial score (nSPS) is 23.3. The number of rotatable bonds is 2. The fourth-order valence-corrected chi connectivity index (χ4v) is 7.82. The standard InChI is InChI=1S/C34H45N7O3S/c1-33(2,3)27-18-16-24-31(37-27)41-22-23(21-34(41,4)5)15-17-26(25-11-9-13-29(36-25)40-19-7-6-8-20-40)35-28-12-10-14-30(38-28)45(43,44)39-32(24)42/h9-14,16,18,23,26H,6-8,15,17,19-22H2,1-5H3,(H,35,38)(H,39,42)/t23-,26-/m0/s1. The Bertz CT molecular complexity index is 1680. The molecule has 2 fully saturated rings. The van der Waals surface area contributed by atoms with E-state index in [1.54, 1.807) is 18.2 Å². The summed E-state index contributed by atoms with van der Waals surface area (Å²) < 4.78 is 29.3. The molecule has 0 spiro atoms. The van der Waals surface area contributed by atoms with Gasteiger partial charge in [0.1, 0.15) is 17.5 Å². The van der Waals surface area contributed by atoms with Gasteiger partial charge < -0.3 is 15.1 Å². The van der Waals surface area contributed by atoms with Crippen LogP contribution in [0.5, 0.6) is 0 Å². The zero-order valence-corrected chi connectivity index (χ0v) is 27.8. The maximum Gasteiger partial charge on any atom is 0.281 e. The minimum absolute atomic E-state index is 0.185. The summed E-state index contributed by atoms with van der Waals surface area (Å²) in [6.07, 6.45) is 6.18. The molecule has 3 aliphatic heterocycles. The highest BCUT2D eigenvalue weighted by atomic mass is 32.2. The third kappa shape index (κ3) is 6.64. The van der Waals surface area contributed by atoms with Gasteiger partial charge in [-0.2, -0.15) is 8.42 Å². The van der Waals surface area contributed by atoms with Gasteiger partial charge in [-0.3, -0.25) is 4.79 Å². The van der Waals surface area contributed by atoms with E-state index in [4.69, 9.17) is 9.97 Å². The summed E-state index contributed by atoms with van der Waals surface area (Å²) >= 11 is 0. The van der Waals surface area contributed by atoms with Crippen molar-refractivity contribution in [3.05, 3.63) is 65.5 Å². The van der Waals surface area contributed by atoms with Crippen LogP contribution in [0.25, 0.3) is 0 Å². The van der Waals surface area contributed by atoms with Crippen LogP contribution in [0.3, 0.4) is 0 Å². The van der Waals surface area contributed by atoms with Crippen molar-refractivity contribution in [2.75, 3.05) is 34.8 Å². The molecular weight excluding hydrogens is 586 g/mol. The van der Waals surface area contributed by atoms with E-state index in [0.717, 1.165) is 49.6 Å². The summed E-state index contributed by atoms with van der Waals surface area (Å²) in [6.45, 7) is 13.3. The summed E-state index contributed by atoms with van der Waals surface area (Å²) in [5, 5.41) is 3.28. The molecule has 6 heterocycles. The van der Waals surface area contributed by atoms with Gasteiger partial charge in [-0.1, -0.05) is 32.9 Å². The zero-order valence-electron chi connectivity index (χ0n) is 27.0. The van der Waals surface area contributed by atoms with Gasteiger partial charge in [-0.15, -0.1) is 0 Å². The molecule has 3 aliphatic rings. The lowest BCUT2D eigenvalue weighted by Gasteiger charge is -2.34. The molecule has 2 N–H and O–H groups in total. The monoisotopic (exact) mass is 631 g/mol. The Morgan fingerprint density at radius 1 is 0.911 bits per heavy atom. The quantitative estimate of drug-likeness (QED) is 0.360. The average Bonchev–Trinajstić information content (AvgIpc) is 3.32. The topological polar surface area (TPSA) is 120 Å². The van der Waals surface area contributed by atoms with Gasteiger partial charge in [0.25, 0.3) is 15.9 Å². The SMILES string of the molecule is CC(C)(C)c1ccc2c(n1)N1C[C@@H](CC[C@@H](c3cccc(N4CCCCC4)n3)Nc3cccc(n3)S(=O)(=O)NC2=O)CC1(C)C. The highest BCUT2D eigenvalue weighted by Crippen LogP contribution is 2.41. The lowest BCUT2D eigenvalue weighted by atomic mass is 9.90. The molecule has 0 unspecified atom stereocenters. The van der Waals surface area contributed by atoms with E-state index in [2.05, 4.69) is 71.6 Å². The van der Waals surface area contributed by atoms with Crippen LogP contribution >= 0.6 is 0 Å². The van der Waals surface area contributed by atoms with Gasteiger partial charge in [0, 0.05) is 36.3 Å². The molecule has 2 atom stereocenters. The van der Waals surface area contributed by atoms with Gasteiger partial charge in [-0.25, -0.2) is 19.7 Å². The molecule has 3 aromatic rings. The highest BCUT2D eigenvalue weighted by molar-refractivity contribution is 7.90. The molecule has 3 aromatic heterocycles. The summed E-state index contributed by atoms with van der Waals surface area (Å²) in [4.78, 5) is 32.8. The number of carbonyl (C=O) groups excluding carboxylic acids is 1. The summed E-state index contributed by atoms with van der Waals surface area (Å²) in [6, 6.07) is 14.3. The van der Waals surface area contributed by atoms with E-state index in [1.165, 1.54) is 25.3 Å². The third-order valence-corrected chi connectivity index (χ3v) is 10.5. The number of aromatic nitrogens is 3. The van der Waals surface area contributed by atoms with Crippen LogP contribution in [0.1, 0.15) is 101 Å². The maximum atomic E-state index is 13.7. The fourth-order valence-electron chi connectivity index (χ4n) is 6.88. The number of carbonyl (C=O) groups is 1. The first-order valence-electron chi connectivity index (χ1n) is 16.1. The number of nitrogens with zero attached hydrogens (tertiary/aromatic N) is 5. The molecule has 45 heavy (non-hydrogen) atoms. The molecule has 0 saturated carbocycles. The van der Waals surface area contributed by atoms with E-state index >= 15 is 0 Å². The second kappa shape index (κ2) is 11.9. The molecule has 0 aliphatic carbocycles. The Hall–Kier alpha value is -3.73. The van der Waals surface area contributed by atoms with Crippen LogP contribution in [0.4, 0.5) is 17.5 Å². The molecule has 2 saturated heterocycles. The zero-order chi connectivity index (χ0) is 32.0. The van der Waals surface area contributed by atoms with Crippen molar-refractivity contribution in [2.45, 2.75) is 95.2 Å². The molecular formula is C34H45N7O3S. The van der Waals surface area contributed by atoms with Crippen LogP contribution in [0.2, 0.25) is 0 Å². The number of pyridine rings is 3. The van der Waals surface area contributed by atoms with Crippen molar-refractivity contribution in [2.24, 2.45) is 5.92 Å². The lowest BCUT2D eigenvalue weighted by molar-refractivity contribution is 0.0981. The molecule has 10 nitrogen and oxygen atoms in total. The van der Waals surface area contributed by atoms with Crippen LogP contribution in [0, 0.1) is 5.92 Å². The first-order chi connectivity index (χ1) is 21.3. The van der Waals surface area contributed by atoms with E-state index in [1.807, 2.05) is 12.1 Å². The second-order valence-electron chi connectivity index (χ2n) is 14.3. The fraction of sp³-hybridized carbons (Fsp3) is 0.529. The van der Waals surface area contributed by atoms with Crippen molar-refractivity contribution in [1.29, 1.82) is 0 Å². The number of hydrogen-bond acceptors (Lipinski definition) is 9. The molecule has 0 radical (unpaired) electrons. The highest BCUT2D eigenvalue weighted by Gasteiger charge is 2.41. The first kappa shape index (κ1) is 31.3. The largest absolute Gasteiger partial charge is 0.362 e.